The quantitative estimate of drug-likeness (QED) is 0.407. The first-order valence-corrected chi connectivity index (χ1v) is 13.8. The van der Waals surface area contributed by atoms with Gasteiger partial charge in [-0.1, -0.05) is 5.10 Å². The predicted octanol–water partition coefficient (Wildman–Crippen LogP) is 3.72. The number of benzene rings is 1. The van der Waals surface area contributed by atoms with Gasteiger partial charge in [-0.3, -0.25) is 9.59 Å². The fraction of sp³-hybridized carbons (Fsp3) is 0.464. The van der Waals surface area contributed by atoms with Crippen LogP contribution < -0.4 is 15.5 Å². The Kier molecular flexibility index (Phi) is 7.28. The SMILES string of the molecule is O=C(Nc1ccc(N2CCC3(CC2)CC(C(=O)N2CCC(O)CC2)C3)nc1)c1nnc(Nc2ccc(F)c(F)c2)o1. The van der Waals surface area contributed by atoms with Crippen molar-refractivity contribution in [2.75, 3.05) is 41.7 Å². The number of hydrogen-bond donors (Lipinski definition) is 3. The van der Waals surface area contributed by atoms with Crippen LogP contribution in [0.1, 0.15) is 49.2 Å². The van der Waals surface area contributed by atoms with Crippen molar-refractivity contribution in [1.82, 2.24) is 20.1 Å². The lowest BCUT2D eigenvalue weighted by molar-refractivity contribution is -0.146. The first-order chi connectivity index (χ1) is 19.8. The molecule has 3 fully saturated rings. The van der Waals surface area contributed by atoms with E-state index in [1.807, 2.05) is 11.0 Å². The fourth-order valence-electron chi connectivity index (χ4n) is 6.02. The number of aromatic nitrogens is 3. The predicted molar refractivity (Wildman–Crippen MR) is 145 cm³/mol. The maximum Gasteiger partial charge on any atom is 0.320 e. The van der Waals surface area contributed by atoms with Crippen LogP contribution in [-0.2, 0) is 4.79 Å². The van der Waals surface area contributed by atoms with E-state index in [2.05, 4.69) is 30.7 Å². The maximum atomic E-state index is 13.4. The second kappa shape index (κ2) is 11.0. The summed E-state index contributed by atoms with van der Waals surface area (Å²) in [5.41, 5.74) is 0.863. The van der Waals surface area contributed by atoms with Crippen molar-refractivity contribution in [1.29, 1.82) is 0 Å². The molecule has 13 heteroatoms. The van der Waals surface area contributed by atoms with Crippen LogP contribution in [0, 0.1) is 23.0 Å². The molecular weight excluding hydrogens is 536 g/mol. The smallest absolute Gasteiger partial charge is 0.320 e. The van der Waals surface area contributed by atoms with Crippen LogP contribution in [0.2, 0.25) is 0 Å². The summed E-state index contributed by atoms with van der Waals surface area (Å²) in [7, 11) is 0. The highest BCUT2D eigenvalue weighted by Crippen LogP contribution is 2.53. The Balaban J connectivity index is 0.971. The molecule has 1 aliphatic carbocycles. The zero-order chi connectivity index (χ0) is 28.6. The van der Waals surface area contributed by atoms with Gasteiger partial charge in [0.15, 0.2) is 11.6 Å². The molecule has 41 heavy (non-hydrogen) atoms. The number of anilines is 4. The minimum Gasteiger partial charge on any atom is -0.399 e. The number of nitrogens with zero attached hydrogens (tertiary/aromatic N) is 5. The molecule has 1 spiro atoms. The van der Waals surface area contributed by atoms with Crippen LogP contribution in [0.4, 0.5) is 32.0 Å². The van der Waals surface area contributed by atoms with Crippen molar-refractivity contribution < 1.29 is 27.9 Å². The molecule has 216 valence electrons. The third kappa shape index (κ3) is 5.85. The summed E-state index contributed by atoms with van der Waals surface area (Å²) in [4.78, 5) is 34.0. The summed E-state index contributed by atoms with van der Waals surface area (Å²) >= 11 is 0. The Morgan fingerprint density at radius 3 is 2.39 bits per heavy atom. The molecule has 11 nitrogen and oxygen atoms in total. The van der Waals surface area contributed by atoms with Crippen molar-refractivity contribution >= 4 is 35.0 Å². The fourth-order valence-corrected chi connectivity index (χ4v) is 6.02. The van der Waals surface area contributed by atoms with Crippen LogP contribution >= 0.6 is 0 Å². The van der Waals surface area contributed by atoms with Crippen molar-refractivity contribution in [2.24, 2.45) is 11.3 Å². The normalized spacial score (nSPS) is 19.2. The number of aliphatic hydroxyl groups is 1. The van der Waals surface area contributed by atoms with Crippen molar-refractivity contribution in [3.05, 3.63) is 54.1 Å². The molecule has 1 saturated carbocycles. The lowest BCUT2D eigenvalue weighted by Gasteiger charge is -2.52. The largest absolute Gasteiger partial charge is 0.399 e. The Labute approximate surface area is 234 Å². The van der Waals surface area contributed by atoms with Gasteiger partial charge in [-0.2, -0.15) is 0 Å². The number of amides is 2. The minimum atomic E-state index is -1.04. The van der Waals surface area contributed by atoms with Crippen molar-refractivity contribution in [3.8, 4) is 0 Å². The molecule has 3 aromatic rings. The number of halogens is 2. The number of aliphatic hydroxyl groups excluding tert-OH is 1. The van der Waals surface area contributed by atoms with E-state index in [1.54, 1.807) is 12.3 Å². The Morgan fingerprint density at radius 1 is 0.976 bits per heavy atom. The maximum absolute atomic E-state index is 13.4. The molecule has 0 bridgehead atoms. The molecule has 2 aliphatic heterocycles. The monoisotopic (exact) mass is 567 g/mol. The highest BCUT2D eigenvalue weighted by Gasteiger charge is 2.49. The van der Waals surface area contributed by atoms with Gasteiger partial charge in [0.2, 0.25) is 5.91 Å². The van der Waals surface area contributed by atoms with Gasteiger partial charge < -0.3 is 30.0 Å². The van der Waals surface area contributed by atoms with Crippen LogP contribution in [-0.4, -0.2) is 69.3 Å². The van der Waals surface area contributed by atoms with E-state index in [-0.39, 0.29) is 40.9 Å². The summed E-state index contributed by atoms with van der Waals surface area (Å²) < 4.78 is 31.8. The number of hydrogen-bond acceptors (Lipinski definition) is 9. The lowest BCUT2D eigenvalue weighted by atomic mass is 9.57. The summed E-state index contributed by atoms with van der Waals surface area (Å²) in [5.74, 6) is -1.80. The van der Waals surface area contributed by atoms with E-state index in [9.17, 15) is 23.5 Å². The third-order valence-corrected chi connectivity index (χ3v) is 8.43. The second-order valence-corrected chi connectivity index (χ2v) is 11.2. The Morgan fingerprint density at radius 2 is 1.71 bits per heavy atom. The first-order valence-electron chi connectivity index (χ1n) is 13.8. The molecule has 2 amide bonds. The third-order valence-electron chi connectivity index (χ3n) is 8.43. The van der Waals surface area contributed by atoms with E-state index >= 15 is 0 Å². The highest BCUT2D eigenvalue weighted by molar-refractivity contribution is 6.00. The number of rotatable bonds is 6. The summed E-state index contributed by atoms with van der Waals surface area (Å²) in [6, 6.07) is 6.62. The van der Waals surface area contributed by atoms with E-state index < -0.39 is 17.5 Å². The summed E-state index contributed by atoms with van der Waals surface area (Å²) in [5, 5.41) is 22.4. The van der Waals surface area contributed by atoms with Gasteiger partial charge in [0.05, 0.1) is 18.0 Å². The number of carbonyl (C=O) groups is 2. The number of carbonyl (C=O) groups excluding carboxylic acids is 2. The first kappa shape index (κ1) is 27.1. The summed E-state index contributed by atoms with van der Waals surface area (Å²) in [6.45, 7) is 3.02. The molecular formula is C28H31F2N7O4. The zero-order valence-electron chi connectivity index (χ0n) is 22.4. The zero-order valence-corrected chi connectivity index (χ0v) is 22.4. The standard InChI is InChI=1S/C28H31F2N7O4/c29-21-3-1-18(13-22(21)30)33-27-35-34-25(41-27)24(39)32-19-2-4-23(31-16-19)36-11-7-28(8-12-36)14-17(15-28)26(40)37-9-5-20(38)6-10-37/h1-4,13,16-17,20,38H,5-12,14-15H2,(H,32,39)(H,33,35). The molecule has 0 radical (unpaired) electrons. The lowest BCUT2D eigenvalue weighted by Crippen LogP contribution is -2.53. The average molecular weight is 568 g/mol. The van der Waals surface area contributed by atoms with Crippen LogP contribution in [0.15, 0.2) is 40.9 Å². The van der Waals surface area contributed by atoms with Crippen LogP contribution in [0.25, 0.3) is 0 Å². The molecule has 2 saturated heterocycles. The molecule has 1 aromatic carbocycles. The van der Waals surface area contributed by atoms with Gasteiger partial charge >= 0.3 is 17.8 Å². The molecule has 0 unspecified atom stereocenters. The van der Waals surface area contributed by atoms with Crippen molar-refractivity contribution in [3.63, 3.8) is 0 Å². The second-order valence-electron chi connectivity index (χ2n) is 11.2. The minimum absolute atomic E-state index is 0.106. The molecule has 3 N–H and O–H groups in total. The topological polar surface area (TPSA) is 137 Å². The van der Waals surface area contributed by atoms with Crippen molar-refractivity contribution in [2.45, 2.75) is 44.6 Å². The van der Waals surface area contributed by atoms with Gasteiger partial charge in [0.25, 0.3) is 0 Å². The number of nitrogens with one attached hydrogen (secondary N) is 2. The van der Waals surface area contributed by atoms with Crippen LogP contribution in [0.3, 0.4) is 0 Å². The Hall–Kier alpha value is -4.13. The van der Waals surface area contributed by atoms with E-state index in [1.165, 1.54) is 6.07 Å². The van der Waals surface area contributed by atoms with Crippen LogP contribution in [0.5, 0.6) is 0 Å². The molecule has 3 aliphatic rings. The highest BCUT2D eigenvalue weighted by atomic mass is 19.2. The van der Waals surface area contributed by atoms with Gasteiger partial charge in [0, 0.05) is 43.9 Å². The van der Waals surface area contributed by atoms with E-state index in [0.717, 1.165) is 56.7 Å². The number of pyridine rings is 1. The van der Waals surface area contributed by atoms with Gasteiger partial charge in [0.1, 0.15) is 5.82 Å². The molecule has 0 atom stereocenters. The molecule has 4 heterocycles. The number of piperidine rings is 2. The molecule has 2 aromatic heterocycles. The Bertz CT molecular complexity index is 1410. The van der Waals surface area contributed by atoms with Gasteiger partial charge in [-0.25, -0.2) is 13.8 Å². The van der Waals surface area contributed by atoms with E-state index in [0.29, 0.717) is 31.6 Å². The average Bonchev–Trinajstić information content (AvgIpc) is 3.43. The van der Waals surface area contributed by atoms with Gasteiger partial charge in [-0.05, 0) is 68.2 Å². The van der Waals surface area contributed by atoms with E-state index in [4.69, 9.17) is 4.42 Å². The molecule has 6 rings (SSSR count). The number of likely N-dealkylation sites (tertiary alicyclic amines) is 1. The van der Waals surface area contributed by atoms with Gasteiger partial charge in [-0.15, -0.1) is 5.10 Å². The summed E-state index contributed by atoms with van der Waals surface area (Å²) in [6.07, 6.45) is 6.51.